The first-order valence-electron chi connectivity index (χ1n) is 4.61. The third kappa shape index (κ3) is 2.43. The van der Waals surface area contributed by atoms with E-state index in [1.165, 1.54) is 0 Å². The summed E-state index contributed by atoms with van der Waals surface area (Å²) in [5.41, 5.74) is 0. The van der Waals surface area contributed by atoms with Gasteiger partial charge in [0.2, 0.25) is 5.88 Å². The van der Waals surface area contributed by atoms with Gasteiger partial charge in [-0.3, -0.25) is 0 Å². The molecule has 0 aliphatic carbocycles. The summed E-state index contributed by atoms with van der Waals surface area (Å²) in [6, 6.07) is 9.49. The molecule has 0 saturated carbocycles. The summed E-state index contributed by atoms with van der Waals surface area (Å²) in [7, 11) is 1.79. The summed E-state index contributed by atoms with van der Waals surface area (Å²) in [5, 5.41) is 2.89. The lowest BCUT2D eigenvalue weighted by Gasteiger charge is -2.04. The van der Waals surface area contributed by atoms with Crippen LogP contribution >= 0.6 is 0 Å². The van der Waals surface area contributed by atoms with Crippen molar-refractivity contribution in [2.45, 2.75) is 0 Å². The fourth-order valence-corrected chi connectivity index (χ4v) is 1.11. The van der Waals surface area contributed by atoms with Gasteiger partial charge in [-0.05, 0) is 12.1 Å². The zero-order valence-electron chi connectivity index (χ0n) is 8.34. The summed E-state index contributed by atoms with van der Waals surface area (Å²) in [6.45, 7) is 0. The second kappa shape index (κ2) is 4.41. The van der Waals surface area contributed by atoms with Crippen LogP contribution in [0.2, 0.25) is 0 Å². The van der Waals surface area contributed by atoms with Gasteiger partial charge in [0.25, 0.3) is 0 Å². The van der Waals surface area contributed by atoms with Gasteiger partial charge in [-0.2, -0.15) is 0 Å². The molecule has 1 heterocycles. The predicted octanol–water partition coefficient (Wildman–Crippen LogP) is 2.31. The van der Waals surface area contributed by atoms with Crippen molar-refractivity contribution in [2.75, 3.05) is 12.4 Å². The van der Waals surface area contributed by atoms with Crippen LogP contribution in [0.15, 0.2) is 42.7 Å². The summed E-state index contributed by atoms with van der Waals surface area (Å²) in [4.78, 5) is 8.19. The van der Waals surface area contributed by atoms with E-state index in [4.69, 9.17) is 4.74 Å². The first-order chi connectivity index (χ1) is 7.38. The van der Waals surface area contributed by atoms with Gasteiger partial charge in [-0.25, -0.2) is 9.97 Å². The molecular formula is C11H11N3O. The van der Waals surface area contributed by atoms with E-state index >= 15 is 0 Å². The number of nitrogens with zero attached hydrogens (tertiary/aromatic N) is 2. The molecule has 0 unspecified atom stereocenters. The molecule has 2 rings (SSSR count). The SMILES string of the molecule is CNc1cnc(Oc2ccccc2)cn1. The van der Waals surface area contributed by atoms with E-state index in [0.29, 0.717) is 5.88 Å². The highest BCUT2D eigenvalue weighted by Crippen LogP contribution is 2.17. The summed E-state index contributed by atoms with van der Waals surface area (Å²) in [6.07, 6.45) is 3.21. The summed E-state index contributed by atoms with van der Waals surface area (Å²) < 4.78 is 5.48. The standard InChI is InChI=1S/C11H11N3O/c1-12-10-7-14-11(8-13-10)15-9-5-3-2-4-6-9/h2-8H,1H3,(H,12,13). The number of anilines is 1. The van der Waals surface area contributed by atoms with Gasteiger partial charge in [0.1, 0.15) is 11.6 Å². The van der Waals surface area contributed by atoms with Crippen LogP contribution in [0.5, 0.6) is 11.6 Å². The zero-order valence-corrected chi connectivity index (χ0v) is 8.34. The maximum atomic E-state index is 5.48. The van der Waals surface area contributed by atoms with Crippen molar-refractivity contribution < 1.29 is 4.74 Å². The van der Waals surface area contributed by atoms with Crippen LogP contribution in [-0.4, -0.2) is 17.0 Å². The van der Waals surface area contributed by atoms with Crippen molar-refractivity contribution in [1.29, 1.82) is 0 Å². The molecule has 4 heteroatoms. The number of benzene rings is 1. The molecule has 15 heavy (non-hydrogen) atoms. The van der Waals surface area contributed by atoms with Crippen LogP contribution in [0.3, 0.4) is 0 Å². The zero-order chi connectivity index (χ0) is 10.5. The molecule has 0 fully saturated rings. The Kier molecular flexibility index (Phi) is 2.78. The topological polar surface area (TPSA) is 47.0 Å². The molecule has 0 aliphatic rings. The fourth-order valence-electron chi connectivity index (χ4n) is 1.11. The lowest BCUT2D eigenvalue weighted by molar-refractivity contribution is 0.460. The Balaban J connectivity index is 2.11. The maximum absolute atomic E-state index is 5.48. The number of para-hydroxylation sites is 1. The molecule has 0 amide bonds. The van der Waals surface area contributed by atoms with Crippen molar-refractivity contribution in [1.82, 2.24) is 9.97 Å². The minimum atomic E-state index is 0.486. The highest BCUT2D eigenvalue weighted by atomic mass is 16.5. The third-order valence-electron chi connectivity index (χ3n) is 1.85. The fraction of sp³-hybridized carbons (Fsp3) is 0.0909. The highest BCUT2D eigenvalue weighted by Gasteiger charge is 1.98. The molecule has 76 valence electrons. The van der Waals surface area contributed by atoms with Gasteiger partial charge in [0.05, 0.1) is 12.4 Å². The van der Waals surface area contributed by atoms with Crippen molar-refractivity contribution >= 4 is 5.82 Å². The minimum absolute atomic E-state index is 0.486. The molecule has 0 spiro atoms. The summed E-state index contributed by atoms with van der Waals surface area (Å²) >= 11 is 0. The molecule has 4 nitrogen and oxygen atoms in total. The Labute approximate surface area is 88.0 Å². The van der Waals surface area contributed by atoms with Crippen molar-refractivity contribution in [2.24, 2.45) is 0 Å². The van der Waals surface area contributed by atoms with E-state index in [0.717, 1.165) is 11.6 Å². The molecule has 1 N–H and O–H groups in total. The van der Waals surface area contributed by atoms with Crippen LogP contribution in [0.1, 0.15) is 0 Å². The van der Waals surface area contributed by atoms with Gasteiger partial charge in [-0.1, -0.05) is 18.2 Å². The number of hydrogen-bond acceptors (Lipinski definition) is 4. The molecule has 0 atom stereocenters. The van der Waals surface area contributed by atoms with Gasteiger partial charge >= 0.3 is 0 Å². The summed E-state index contributed by atoms with van der Waals surface area (Å²) in [5.74, 6) is 1.96. The van der Waals surface area contributed by atoms with Crippen molar-refractivity contribution in [3.05, 3.63) is 42.7 Å². The molecule has 0 saturated heterocycles. The first kappa shape index (κ1) is 9.45. The van der Waals surface area contributed by atoms with Crippen molar-refractivity contribution in [3.63, 3.8) is 0 Å². The van der Waals surface area contributed by atoms with Crippen LogP contribution in [0.25, 0.3) is 0 Å². The third-order valence-corrected chi connectivity index (χ3v) is 1.85. The van der Waals surface area contributed by atoms with Crippen LogP contribution in [0, 0.1) is 0 Å². The molecular weight excluding hydrogens is 190 g/mol. The van der Waals surface area contributed by atoms with E-state index in [2.05, 4.69) is 15.3 Å². The monoisotopic (exact) mass is 201 g/mol. The maximum Gasteiger partial charge on any atom is 0.237 e. The number of nitrogens with one attached hydrogen (secondary N) is 1. The highest BCUT2D eigenvalue weighted by molar-refractivity contribution is 5.32. The Hall–Kier alpha value is -2.10. The molecule has 1 aromatic heterocycles. The largest absolute Gasteiger partial charge is 0.438 e. The molecule has 0 bridgehead atoms. The Bertz CT molecular complexity index is 414. The lowest BCUT2D eigenvalue weighted by atomic mass is 10.3. The Morgan fingerprint density at radius 1 is 1.07 bits per heavy atom. The molecule has 1 aromatic carbocycles. The van der Waals surface area contributed by atoms with Crippen LogP contribution < -0.4 is 10.1 Å². The van der Waals surface area contributed by atoms with Crippen molar-refractivity contribution in [3.8, 4) is 11.6 Å². The Morgan fingerprint density at radius 3 is 2.47 bits per heavy atom. The second-order valence-electron chi connectivity index (χ2n) is 2.90. The number of aromatic nitrogens is 2. The normalized spacial score (nSPS) is 9.67. The number of ether oxygens (including phenoxy) is 1. The van der Waals surface area contributed by atoms with Gasteiger partial charge in [0.15, 0.2) is 0 Å². The van der Waals surface area contributed by atoms with Gasteiger partial charge < -0.3 is 10.1 Å². The molecule has 0 aliphatic heterocycles. The minimum Gasteiger partial charge on any atom is -0.438 e. The average molecular weight is 201 g/mol. The lowest BCUT2D eigenvalue weighted by Crippen LogP contribution is -1.94. The molecule has 0 radical (unpaired) electrons. The first-order valence-corrected chi connectivity index (χ1v) is 4.61. The predicted molar refractivity (Wildman–Crippen MR) is 58.1 cm³/mol. The van der Waals surface area contributed by atoms with Gasteiger partial charge in [-0.15, -0.1) is 0 Å². The van der Waals surface area contributed by atoms with E-state index < -0.39 is 0 Å². The second-order valence-corrected chi connectivity index (χ2v) is 2.90. The molecule has 2 aromatic rings. The van der Waals surface area contributed by atoms with Crippen LogP contribution in [-0.2, 0) is 0 Å². The smallest absolute Gasteiger partial charge is 0.237 e. The number of rotatable bonds is 3. The van der Waals surface area contributed by atoms with E-state index in [1.807, 2.05) is 30.3 Å². The van der Waals surface area contributed by atoms with Crippen LogP contribution in [0.4, 0.5) is 5.82 Å². The van der Waals surface area contributed by atoms with Gasteiger partial charge in [0, 0.05) is 7.05 Å². The van der Waals surface area contributed by atoms with E-state index in [-0.39, 0.29) is 0 Å². The average Bonchev–Trinajstić information content (AvgIpc) is 2.31. The number of hydrogen-bond donors (Lipinski definition) is 1. The van der Waals surface area contributed by atoms with E-state index in [1.54, 1.807) is 19.4 Å². The Morgan fingerprint density at radius 2 is 1.87 bits per heavy atom. The van der Waals surface area contributed by atoms with E-state index in [9.17, 15) is 0 Å². The quantitative estimate of drug-likeness (QED) is 0.827.